The monoisotopic (exact) mass is 236 g/mol. The lowest BCUT2D eigenvalue weighted by Crippen LogP contribution is -2.41. The molecule has 0 aliphatic rings. The average Bonchev–Trinajstić information content (AvgIpc) is 2.22. The third-order valence-corrected chi connectivity index (χ3v) is 2.11. The normalized spacial score (nSPS) is 11.7. The van der Waals surface area contributed by atoms with Gasteiger partial charge in [0.25, 0.3) is 5.91 Å². The summed E-state index contributed by atoms with van der Waals surface area (Å²) < 4.78 is 4.43. The van der Waals surface area contributed by atoms with Gasteiger partial charge in [-0.3, -0.25) is 4.79 Å². The van der Waals surface area contributed by atoms with Gasteiger partial charge in [0.05, 0.1) is 12.6 Å². The van der Waals surface area contributed by atoms with Gasteiger partial charge in [-0.2, -0.15) is 17.2 Å². The molecule has 3 N–H and O–H groups in total. The summed E-state index contributed by atoms with van der Waals surface area (Å²) >= 11 is 1.59. The van der Waals surface area contributed by atoms with Crippen molar-refractivity contribution in [1.29, 1.82) is 0 Å². The number of ether oxygens (including phenoxy) is 1. The van der Waals surface area contributed by atoms with E-state index in [1.807, 2.05) is 11.7 Å². The lowest BCUT2D eigenvalue weighted by Gasteiger charge is -2.10. The first-order valence-corrected chi connectivity index (χ1v) is 5.89. The standard InChI is InChI=1S/C8H16N2O4S/c1-3-13-8(12)14-10-7(11)6(9)4-5-15-2/h6H,3-5,9H2,1-2H3,(H,10,11). The van der Waals surface area contributed by atoms with E-state index >= 15 is 0 Å². The number of carbonyl (C=O) groups is 2. The predicted octanol–water partition coefficient (Wildman–Crippen LogP) is 0.271. The molecule has 88 valence electrons. The predicted molar refractivity (Wildman–Crippen MR) is 57.2 cm³/mol. The molecule has 6 nitrogen and oxygen atoms in total. The molecular formula is C8H16N2O4S. The quantitative estimate of drug-likeness (QED) is 0.526. The Morgan fingerprint density at radius 1 is 1.53 bits per heavy atom. The summed E-state index contributed by atoms with van der Waals surface area (Å²) in [5.74, 6) is 0.241. The number of rotatable bonds is 5. The molecule has 0 aromatic carbocycles. The van der Waals surface area contributed by atoms with Gasteiger partial charge in [-0.15, -0.1) is 0 Å². The van der Waals surface area contributed by atoms with Crippen LogP contribution in [0.4, 0.5) is 4.79 Å². The molecule has 0 rings (SSSR count). The zero-order chi connectivity index (χ0) is 11.7. The van der Waals surface area contributed by atoms with Gasteiger partial charge in [-0.05, 0) is 25.4 Å². The number of hydrogen-bond donors (Lipinski definition) is 2. The van der Waals surface area contributed by atoms with Gasteiger partial charge >= 0.3 is 6.16 Å². The number of nitrogens with one attached hydrogen (secondary N) is 1. The molecule has 15 heavy (non-hydrogen) atoms. The molecule has 0 fully saturated rings. The highest BCUT2D eigenvalue weighted by Gasteiger charge is 2.14. The van der Waals surface area contributed by atoms with Crippen molar-refractivity contribution in [2.45, 2.75) is 19.4 Å². The number of carbonyl (C=O) groups excluding carboxylic acids is 2. The minimum Gasteiger partial charge on any atom is -0.433 e. The first kappa shape index (κ1) is 14.1. The molecule has 0 aliphatic heterocycles. The first-order chi connectivity index (χ1) is 7.11. The zero-order valence-corrected chi connectivity index (χ0v) is 9.63. The van der Waals surface area contributed by atoms with Crippen LogP contribution < -0.4 is 11.2 Å². The third kappa shape index (κ3) is 7.03. The van der Waals surface area contributed by atoms with Crippen molar-refractivity contribution in [3.63, 3.8) is 0 Å². The molecule has 0 radical (unpaired) electrons. The van der Waals surface area contributed by atoms with Gasteiger partial charge in [0.2, 0.25) is 0 Å². The van der Waals surface area contributed by atoms with Crippen LogP contribution in [0.2, 0.25) is 0 Å². The van der Waals surface area contributed by atoms with Gasteiger partial charge < -0.3 is 15.3 Å². The van der Waals surface area contributed by atoms with Crippen molar-refractivity contribution in [2.75, 3.05) is 18.6 Å². The highest BCUT2D eigenvalue weighted by atomic mass is 32.2. The fraction of sp³-hybridized carbons (Fsp3) is 0.750. The first-order valence-electron chi connectivity index (χ1n) is 4.49. The van der Waals surface area contributed by atoms with Gasteiger partial charge in [0, 0.05) is 0 Å². The average molecular weight is 236 g/mol. The SMILES string of the molecule is CCOC(=O)ONC(=O)C(N)CCSC. The van der Waals surface area contributed by atoms with Crippen molar-refractivity contribution in [2.24, 2.45) is 5.73 Å². The Morgan fingerprint density at radius 2 is 2.20 bits per heavy atom. The van der Waals surface area contributed by atoms with E-state index in [4.69, 9.17) is 5.73 Å². The number of thioether (sulfide) groups is 1. The smallest absolute Gasteiger partial charge is 0.433 e. The van der Waals surface area contributed by atoms with Crippen LogP contribution in [0.25, 0.3) is 0 Å². The molecule has 1 amide bonds. The molecule has 0 heterocycles. The molecule has 0 saturated carbocycles. The second kappa shape index (κ2) is 8.37. The number of hydrogen-bond acceptors (Lipinski definition) is 6. The summed E-state index contributed by atoms with van der Waals surface area (Å²) in [7, 11) is 0. The van der Waals surface area contributed by atoms with E-state index in [9.17, 15) is 9.59 Å². The van der Waals surface area contributed by atoms with E-state index < -0.39 is 18.1 Å². The van der Waals surface area contributed by atoms with Crippen LogP contribution in [0.5, 0.6) is 0 Å². The minimum absolute atomic E-state index is 0.188. The van der Waals surface area contributed by atoms with E-state index in [-0.39, 0.29) is 6.61 Å². The van der Waals surface area contributed by atoms with Crippen LogP contribution in [-0.2, 0) is 14.4 Å². The Kier molecular flexibility index (Phi) is 7.84. The van der Waals surface area contributed by atoms with Gasteiger partial charge in [0.15, 0.2) is 0 Å². The van der Waals surface area contributed by atoms with Crippen molar-refractivity contribution < 1.29 is 19.2 Å². The molecule has 0 saturated heterocycles. The minimum atomic E-state index is -0.942. The second-order valence-electron chi connectivity index (χ2n) is 2.64. The summed E-state index contributed by atoms with van der Waals surface area (Å²) in [6.07, 6.45) is 1.50. The Labute approximate surface area is 92.8 Å². The molecule has 0 spiro atoms. The Hall–Kier alpha value is -0.950. The van der Waals surface area contributed by atoms with E-state index in [1.54, 1.807) is 18.7 Å². The summed E-state index contributed by atoms with van der Waals surface area (Å²) in [4.78, 5) is 26.2. The number of amides is 1. The summed E-state index contributed by atoms with van der Waals surface area (Å²) in [5.41, 5.74) is 7.43. The van der Waals surface area contributed by atoms with E-state index in [0.717, 1.165) is 5.75 Å². The largest absolute Gasteiger partial charge is 0.533 e. The third-order valence-electron chi connectivity index (χ3n) is 1.47. The molecule has 0 aromatic rings. The van der Waals surface area contributed by atoms with Gasteiger partial charge in [-0.1, -0.05) is 0 Å². The van der Waals surface area contributed by atoms with Crippen LogP contribution in [0, 0.1) is 0 Å². The van der Waals surface area contributed by atoms with Crippen molar-refractivity contribution in [3.8, 4) is 0 Å². The fourth-order valence-electron chi connectivity index (χ4n) is 0.691. The fourth-order valence-corrected chi connectivity index (χ4v) is 1.18. The van der Waals surface area contributed by atoms with Crippen LogP contribution in [0.15, 0.2) is 0 Å². The molecule has 1 unspecified atom stereocenters. The van der Waals surface area contributed by atoms with Gasteiger partial charge in [-0.25, -0.2) is 4.79 Å². The maximum atomic E-state index is 11.2. The Balaban J connectivity index is 3.68. The zero-order valence-electron chi connectivity index (χ0n) is 8.82. The van der Waals surface area contributed by atoms with Crippen LogP contribution in [-0.4, -0.2) is 36.7 Å². The maximum Gasteiger partial charge on any atom is 0.533 e. The maximum absolute atomic E-state index is 11.2. The molecule has 0 aromatic heterocycles. The lowest BCUT2D eigenvalue weighted by atomic mass is 10.2. The molecule has 0 aliphatic carbocycles. The van der Waals surface area contributed by atoms with Crippen molar-refractivity contribution >= 4 is 23.8 Å². The van der Waals surface area contributed by atoms with Crippen molar-refractivity contribution in [3.05, 3.63) is 0 Å². The summed E-state index contributed by atoms with van der Waals surface area (Å²) in [6.45, 7) is 1.82. The summed E-state index contributed by atoms with van der Waals surface area (Å²) in [5, 5.41) is 0. The number of nitrogens with two attached hydrogens (primary N) is 1. The molecule has 0 bridgehead atoms. The van der Waals surface area contributed by atoms with Crippen molar-refractivity contribution in [1.82, 2.24) is 5.48 Å². The molecular weight excluding hydrogens is 220 g/mol. The Morgan fingerprint density at radius 3 is 2.73 bits per heavy atom. The Bertz CT molecular complexity index is 213. The van der Waals surface area contributed by atoms with E-state index in [2.05, 4.69) is 9.57 Å². The van der Waals surface area contributed by atoms with Crippen LogP contribution >= 0.6 is 11.8 Å². The highest BCUT2D eigenvalue weighted by Crippen LogP contribution is 1.98. The number of hydroxylamine groups is 1. The molecule has 7 heteroatoms. The summed E-state index contributed by atoms with van der Waals surface area (Å²) in [6, 6.07) is -0.674. The van der Waals surface area contributed by atoms with Crippen LogP contribution in [0.1, 0.15) is 13.3 Å². The van der Waals surface area contributed by atoms with Crippen LogP contribution in [0.3, 0.4) is 0 Å². The second-order valence-corrected chi connectivity index (χ2v) is 3.62. The topological polar surface area (TPSA) is 90.6 Å². The van der Waals surface area contributed by atoms with E-state index in [1.165, 1.54) is 0 Å². The van der Waals surface area contributed by atoms with E-state index in [0.29, 0.717) is 6.42 Å². The molecule has 1 atom stereocenters. The highest BCUT2D eigenvalue weighted by molar-refractivity contribution is 7.98. The van der Waals surface area contributed by atoms with Gasteiger partial charge in [0.1, 0.15) is 0 Å². The lowest BCUT2D eigenvalue weighted by molar-refractivity contribution is -0.132.